The number of fused-ring (bicyclic) bond motifs is 1. The maximum Gasteiger partial charge on any atom is 0.231 e. The van der Waals surface area contributed by atoms with E-state index in [0.717, 1.165) is 48.6 Å². The molecule has 1 N–H and O–H groups in total. The van der Waals surface area contributed by atoms with Gasteiger partial charge < -0.3 is 24.4 Å². The highest BCUT2D eigenvalue weighted by molar-refractivity contribution is 5.79. The Morgan fingerprint density at radius 1 is 1.35 bits per heavy atom. The standard InChI is InChI=1S/C17H25N3O3/c1-18-17(19-7-8-21-11-13-3-4-13)20(2)10-14-5-6-15-16(9-14)23-12-22-15/h5-6,9,13H,3-4,7-8,10-12H2,1-2H3,(H,18,19). The third-order valence-corrected chi connectivity index (χ3v) is 4.01. The molecule has 0 radical (unpaired) electrons. The lowest BCUT2D eigenvalue weighted by molar-refractivity contribution is 0.128. The van der Waals surface area contributed by atoms with E-state index in [1.54, 1.807) is 7.05 Å². The van der Waals surface area contributed by atoms with Gasteiger partial charge in [-0.05, 0) is 36.5 Å². The Kier molecular flexibility index (Phi) is 5.23. The van der Waals surface area contributed by atoms with Crippen LogP contribution in [0.4, 0.5) is 0 Å². The molecule has 0 aromatic heterocycles. The highest BCUT2D eigenvalue weighted by Crippen LogP contribution is 2.32. The van der Waals surface area contributed by atoms with Crippen LogP contribution >= 0.6 is 0 Å². The molecular formula is C17H25N3O3. The SMILES string of the molecule is CN=C(NCCOCC1CC1)N(C)Cc1ccc2c(c1)OCO2. The van der Waals surface area contributed by atoms with Gasteiger partial charge in [0.2, 0.25) is 6.79 Å². The zero-order valence-electron chi connectivity index (χ0n) is 13.9. The lowest BCUT2D eigenvalue weighted by Gasteiger charge is -2.22. The van der Waals surface area contributed by atoms with Crippen LogP contribution < -0.4 is 14.8 Å². The molecule has 0 unspecified atom stereocenters. The second kappa shape index (κ2) is 7.55. The van der Waals surface area contributed by atoms with Crippen LogP contribution in [0, 0.1) is 5.92 Å². The molecule has 2 aliphatic rings. The van der Waals surface area contributed by atoms with Gasteiger partial charge in [-0.3, -0.25) is 4.99 Å². The van der Waals surface area contributed by atoms with Crippen molar-refractivity contribution in [2.24, 2.45) is 10.9 Å². The number of hydrogen-bond donors (Lipinski definition) is 1. The fraction of sp³-hybridized carbons (Fsp3) is 0.588. The molecule has 6 heteroatoms. The van der Waals surface area contributed by atoms with Crippen LogP contribution in [-0.4, -0.2) is 51.5 Å². The van der Waals surface area contributed by atoms with Crippen molar-refractivity contribution in [3.8, 4) is 11.5 Å². The van der Waals surface area contributed by atoms with E-state index in [1.165, 1.54) is 12.8 Å². The summed E-state index contributed by atoms with van der Waals surface area (Å²) in [7, 11) is 3.81. The number of ether oxygens (including phenoxy) is 3. The lowest BCUT2D eigenvalue weighted by Crippen LogP contribution is -2.40. The molecule has 0 saturated heterocycles. The Morgan fingerprint density at radius 2 is 2.17 bits per heavy atom. The summed E-state index contributed by atoms with van der Waals surface area (Å²) in [6.45, 7) is 3.43. The van der Waals surface area contributed by atoms with Crippen molar-refractivity contribution >= 4 is 5.96 Å². The third kappa shape index (κ3) is 4.51. The number of benzene rings is 1. The molecule has 23 heavy (non-hydrogen) atoms. The molecule has 1 fully saturated rings. The van der Waals surface area contributed by atoms with Crippen LogP contribution in [0.1, 0.15) is 18.4 Å². The van der Waals surface area contributed by atoms with Gasteiger partial charge in [0.05, 0.1) is 6.61 Å². The summed E-state index contributed by atoms with van der Waals surface area (Å²) in [4.78, 5) is 6.40. The van der Waals surface area contributed by atoms with E-state index >= 15 is 0 Å². The van der Waals surface area contributed by atoms with Gasteiger partial charge in [0.15, 0.2) is 17.5 Å². The topological polar surface area (TPSA) is 55.3 Å². The maximum atomic E-state index is 5.63. The minimum Gasteiger partial charge on any atom is -0.454 e. The first-order valence-electron chi connectivity index (χ1n) is 8.14. The van der Waals surface area contributed by atoms with E-state index in [4.69, 9.17) is 14.2 Å². The van der Waals surface area contributed by atoms with E-state index in [2.05, 4.69) is 21.3 Å². The van der Waals surface area contributed by atoms with E-state index in [-0.39, 0.29) is 0 Å². The Morgan fingerprint density at radius 3 is 2.96 bits per heavy atom. The monoisotopic (exact) mass is 319 g/mol. The van der Waals surface area contributed by atoms with Crippen molar-refractivity contribution in [3.05, 3.63) is 23.8 Å². The summed E-state index contributed by atoms with van der Waals surface area (Å²) in [5, 5.41) is 3.33. The number of nitrogens with one attached hydrogen (secondary N) is 1. The highest BCUT2D eigenvalue weighted by Gasteiger charge is 2.21. The quantitative estimate of drug-likeness (QED) is 0.472. The lowest BCUT2D eigenvalue weighted by atomic mass is 10.2. The molecule has 0 atom stereocenters. The zero-order valence-corrected chi connectivity index (χ0v) is 13.9. The van der Waals surface area contributed by atoms with E-state index in [1.807, 2.05) is 19.2 Å². The van der Waals surface area contributed by atoms with Crippen molar-refractivity contribution in [1.82, 2.24) is 10.2 Å². The van der Waals surface area contributed by atoms with E-state index in [9.17, 15) is 0 Å². The molecule has 0 bridgehead atoms. The molecule has 0 spiro atoms. The first-order valence-corrected chi connectivity index (χ1v) is 8.14. The van der Waals surface area contributed by atoms with Crippen LogP contribution in [0.15, 0.2) is 23.2 Å². The van der Waals surface area contributed by atoms with E-state index < -0.39 is 0 Å². The summed E-state index contributed by atoms with van der Waals surface area (Å²) in [5.74, 6) is 3.29. The highest BCUT2D eigenvalue weighted by atomic mass is 16.7. The third-order valence-electron chi connectivity index (χ3n) is 4.01. The summed E-state index contributed by atoms with van der Waals surface area (Å²) < 4.78 is 16.4. The number of hydrogen-bond acceptors (Lipinski definition) is 4. The van der Waals surface area contributed by atoms with Gasteiger partial charge in [-0.15, -0.1) is 0 Å². The second-order valence-electron chi connectivity index (χ2n) is 6.04. The number of nitrogens with zero attached hydrogens (tertiary/aromatic N) is 2. The van der Waals surface area contributed by atoms with Gasteiger partial charge in [-0.1, -0.05) is 6.07 Å². The van der Waals surface area contributed by atoms with Gasteiger partial charge in [0.25, 0.3) is 0 Å². The van der Waals surface area contributed by atoms with Crippen LogP contribution in [0.3, 0.4) is 0 Å². The summed E-state index contributed by atoms with van der Waals surface area (Å²) >= 11 is 0. The summed E-state index contributed by atoms with van der Waals surface area (Å²) in [5.41, 5.74) is 1.16. The minimum atomic E-state index is 0.304. The van der Waals surface area contributed by atoms with Crippen LogP contribution in [0.25, 0.3) is 0 Å². The van der Waals surface area contributed by atoms with Crippen LogP contribution in [-0.2, 0) is 11.3 Å². The molecule has 3 rings (SSSR count). The first-order chi connectivity index (χ1) is 11.3. The van der Waals surface area contributed by atoms with Crippen molar-refractivity contribution in [1.29, 1.82) is 0 Å². The Bertz CT molecular complexity index is 558. The molecule has 1 saturated carbocycles. The van der Waals surface area contributed by atoms with Gasteiger partial charge in [-0.2, -0.15) is 0 Å². The molecule has 0 amide bonds. The molecule has 1 aromatic carbocycles. The summed E-state index contributed by atoms with van der Waals surface area (Å²) in [6, 6.07) is 6.02. The van der Waals surface area contributed by atoms with Crippen LogP contribution in [0.2, 0.25) is 0 Å². The minimum absolute atomic E-state index is 0.304. The van der Waals surface area contributed by atoms with Crippen molar-refractivity contribution in [3.63, 3.8) is 0 Å². The summed E-state index contributed by atoms with van der Waals surface area (Å²) in [6.07, 6.45) is 2.65. The molecule has 1 aliphatic heterocycles. The molecule has 1 heterocycles. The van der Waals surface area contributed by atoms with Gasteiger partial charge in [0, 0.05) is 33.8 Å². The van der Waals surface area contributed by atoms with Gasteiger partial charge >= 0.3 is 0 Å². The van der Waals surface area contributed by atoms with E-state index in [0.29, 0.717) is 13.4 Å². The molecule has 126 valence electrons. The largest absolute Gasteiger partial charge is 0.454 e. The zero-order chi connectivity index (χ0) is 16.1. The average molecular weight is 319 g/mol. The second-order valence-corrected chi connectivity index (χ2v) is 6.04. The molecular weight excluding hydrogens is 294 g/mol. The normalized spacial score (nSPS) is 16.5. The fourth-order valence-electron chi connectivity index (χ4n) is 2.54. The van der Waals surface area contributed by atoms with Crippen molar-refractivity contribution in [2.45, 2.75) is 19.4 Å². The Balaban J connectivity index is 1.44. The first kappa shape index (κ1) is 15.9. The number of rotatable bonds is 7. The number of guanidine groups is 1. The predicted molar refractivity (Wildman–Crippen MR) is 88.9 cm³/mol. The average Bonchev–Trinajstić information content (AvgIpc) is 3.26. The van der Waals surface area contributed by atoms with Gasteiger partial charge in [-0.25, -0.2) is 0 Å². The molecule has 1 aliphatic carbocycles. The van der Waals surface area contributed by atoms with Crippen molar-refractivity contribution < 1.29 is 14.2 Å². The Labute approximate surface area is 137 Å². The fourth-order valence-corrected chi connectivity index (χ4v) is 2.54. The number of aliphatic imine (C=N–C) groups is 1. The van der Waals surface area contributed by atoms with Crippen LogP contribution in [0.5, 0.6) is 11.5 Å². The smallest absolute Gasteiger partial charge is 0.231 e. The molecule has 1 aromatic rings. The predicted octanol–water partition coefficient (Wildman–Crippen LogP) is 1.85. The van der Waals surface area contributed by atoms with Gasteiger partial charge in [0.1, 0.15) is 0 Å². The Hall–Kier alpha value is -1.95. The van der Waals surface area contributed by atoms with Crippen molar-refractivity contribution in [2.75, 3.05) is 40.6 Å². The maximum absolute atomic E-state index is 5.63. The molecule has 6 nitrogen and oxygen atoms in total.